The Morgan fingerprint density at radius 1 is 1.09 bits per heavy atom. The van der Waals surface area contributed by atoms with Crippen LogP contribution >= 0.6 is 0 Å². The zero-order chi connectivity index (χ0) is 24.4. The standard InChI is InChI=1S/C26H29N5O4/c1-3-35-25(33)18-11-14-30(15-12-18)24(32)20-16-28-31(23(20)17-8-9-17)26-27-13-10-21(29-26)19-6-4-5-7-22(19)34-2/h4-7,10,13,16-18H,3,8-9,11-12,14-15H2,1-2H3. The predicted octanol–water partition coefficient (Wildman–Crippen LogP) is 3.63. The van der Waals surface area contributed by atoms with Crippen LogP contribution in [0, 0.1) is 5.92 Å². The minimum Gasteiger partial charge on any atom is -0.496 e. The van der Waals surface area contributed by atoms with Gasteiger partial charge in [0.2, 0.25) is 0 Å². The molecule has 1 aliphatic carbocycles. The number of carbonyl (C=O) groups excluding carboxylic acids is 2. The highest BCUT2D eigenvalue weighted by Crippen LogP contribution is 2.42. The van der Waals surface area contributed by atoms with Crippen LogP contribution in [0.1, 0.15) is 54.6 Å². The van der Waals surface area contributed by atoms with Crippen molar-refractivity contribution in [2.75, 3.05) is 26.8 Å². The monoisotopic (exact) mass is 475 g/mol. The molecular weight excluding hydrogens is 446 g/mol. The van der Waals surface area contributed by atoms with E-state index in [1.807, 2.05) is 42.2 Å². The summed E-state index contributed by atoms with van der Waals surface area (Å²) in [7, 11) is 1.63. The molecule has 1 amide bonds. The Hall–Kier alpha value is -3.75. The molecule has 1 aromatic carbocycles. The highest BCUT2D eigenvalue weighted by Gasteiger charge is 2.36. The van der Waals surface area contributed by atoms with Crippen LogP contribution in [0.3, 0.4) is 0 Å². The molecule has 0 atom stereocenters. The van der Waals surface area contributed by atoms with Crippen molar-refractivity contribution in [3.05, 3.63) is 54.0 Å². The van der Waals surface area contributed by atoms with Gasteiger partial charge in [0.05, 0.1) is 42.8 Å². The summed E-state index contributed by atoms with van der Waals surface area (Å²) in [6.07, 6.45) is 6.56. The van der Waals surface area contributed by atoms with Crippen LogP contribution in [0.2, 0.25) is 0 Å². The molecule has 1 saturated heterocycles. The van der Waals surface area contributed by atoms with Gasteiger partial charge in [-0.3, -0.25) is 9.59 Å². The number of aromatic nitrogens is 4. The Morgan fingerprint density at radius 3 is 2.57 bits per heavy atom. The van der Waals surface area contributed by atoms with E-state index in [1.165, 1.54) is 0 Å². The van der Waals surface area contributed by atoms with Gasteiger partial charge in [0.25, 0.3) is 11.9 Å². The van der Waals surface area contributed by atoms with Gasteiger partial charge in [-0.15, -0.1) is 0 Å². The third-order valence-electron chi connectivity index (χ3n) is 6.62. The van der Waals surface area contributed by atoms with Gasteiger partial charge in [0.1, 0.15) is 5.75 Å². The maximum Gasteiger partial charge on any atom is 0.309 e. The number of hydrogen-bond acceptors (Lipinski definition) is 7. The minimum absolute atomic E-state index is 0.0543. The fraction of sp³-hybridized carbons (Fsp3) is 0.423. The molecule has 0 bridgehead atoms. The largest absolute Gasteiger partial charge is 0.496 e. The van der Waals surface area contributed by atoms with Gasteiger partial charge >= 0.3 is 5.97 Å². The molecular formula is C26H29N5O4. The molecule has 2 aromatic heterocycles. The van der Waals surface area contributed by atoms with Gasteiger partial charge in [-0.1, -0.05) is 12.1 Å². The lowest BCUT2D eigenvalue weighted by atomic mass is 9.96. The summed E-state index contributed by atoms with van der Waals surface area (Å²) >= 11 is 0. The van der Waals surface area contributed by atoms with E-state index >= 15 is 0 Å². The van der Waals surface area contributed by atoms with Gasteiger partial charge in [-0.05, 0) is 50.8 Å². The molecule has 182 valence electrons. The molecule has 9 nitrogen and oxygen atoms in total. The number of hydrogen-bond donors (Lipinski definition) is 0. The number of nitrogens with zero attached hydrogens (tertiary/aromatic N) is 5. The SMILES string of the molecule is CCOC(=O)C1CCN(C(=O)c2cnn(-c3nccc(-c4ccccc4OC)n3)c2C2CC2)CC1. The maximum atomic E-state index is 13.5. The number of benzene rings is 1. The van der Waals surface area contributed by atoms with Crippen molar-refractivity contribution < 1.29 is 19.1 Å². The molecule has 0 unspecified atom stereocenters. The number of ether oxygens (including phenoxy) is 2. The summed E-state index contributed by atoms with van der Waals surface area (Å²) < 4.78 is 12.3. The van der Waals surface area contributed by atoms with E-state index in [0.29, 0.717) is 44.0 Å². The third kappa shape index (κ3) is 4.62. The molecule has 2 aliphatic rings. The van der Waals surface area contributed by atoms with Crippen molar-refractivity contribution in [2.45, 2.75) is 38.5 Å². The minimum atomic E-state index is -0.168. The van der Waals surface area contributed by atoms with Crippen LogP contribution in [0.5, 0.6) is 5.75 Å². The van der Waals surface area contributed by atoms with Crippen LogP contribution < -0.4 is 4.74 Å². The molecule has 3 aromatic rings. The first kappa shape index (κ1) is 23.0. The number of para-hydroxylation sites is 1. The van der Waals surface area contributed by atoms with Gasteiger partial charge in [-0.2, -0.15) is 5.10 Å². The van der Waals surface area contributed by atoms with Crippen molar-refractivity contribution in [1.29, 1.82) is 0 Å². The van der Waals surface area contributed by atoms with Crippen molar-refractivity contribution in [1.82, 2.24) is 24.6 Å². The van der Waals surface area contributed by atoms with Gasteiger partial charge in [-0.25, -0.2) is 14.6 Å². The molecule has 5 rings (SSSR count). The molecule has 3 heterocycles. The van der Waals surface area contributed by atoms with Crippen molar-refractivity contribution in [3.8, 4) is 23.0 Å². The number of likely N-dealkylation sites (tertiary alicyclic amines) is 1. The van der Waals surface area contributed by atoms with E-state index < -0.39 is 0 Å². The number of rotatable bonds is 7. The van der Waals surface area contributed by atoms with E-state index in [1.54, 1.807) is 24.2 Å². The van der Waals surface area contributed by atoms with Crippen LogP contribution in [-0.4, -0.2) is 63.3 Å². The molecule has 0 radical (unpaired) electrons. The average Bonchev–Trinajstić information content (AvgIpc) is 3.66. The lowest BCUT2D eigenvalue weighted by Gasteiger charge is -2.30. The molecule has 9 heteroatoms. The van der Waals surface area contributed by atoms with Crippen molar-refractivity contribution in [3.63, 3.8) is 0 Å². The smallest absolute Gasteiger partial charge is 0.309 e. The average molecular weight is 476 g/mol. The Kier molecular flexibility index (Phi) is 6.48. The van der Waals surface area contributed by atoms with Gasteiger partial charge in [0, 0.05) is 30.8 Å². The molecule has 0 N–H and O–H groups in total. The predicted molar refractivity (Wildman–Crippen MR) is 128 cm³/mol. The Labute approximate surface area is 204 Å². The summed E-state index contributed by atoms with van der Waals surface area (Å²) in [6.45, 7) is 3.24. The maximum absolute atomic E-state index is 13.5. The number of carbonyl (C=O) groups is 2. The highest BCUT2D eigenvalue weighted by molar-refractivity contribution is 5.95. The summed E-state index contributed by atoms with van der Waals surface area (Å²) in [5.74, 6) is 1.04. The van der Waals surface area contributed by atoms with Gasteiger partial charge in [0.15, 0.2) is 0 Å². The molecule has 1 aliphatic heterocycles. The number of esters is 1. The van der Waals surface area contributed by atoms with Crippen molar-refractivity contribution in [2.24, 2.45) is 5.92 Å². The molecule has 0 spiro atoms. The van der Waals surface area contributed by atoms with Gasteiger partial charge < -0.3 is 14.4 Å². The van der Waals surface area contributed by atoms with Crippen LogP contribution in [0.15, 0.2) is 42.7 Å². The molecule has 2 fully saturated rings. The molecule has 1 saturated carbocycles. The number of amides is 1. The second-order valence-corrected chi connectivity index (χ2v) is 8.89. The van der Waals surface area contributed by atoms with E-state index in [2.05, 4.69) is 10.1 Å². The summed E-state index contributed by atoms with van der Waals surface area (Å²) in [5.41, 5.74) is 3.03. The second-order valence-electron chi connectivity index (χ2n) is 8.89. The zero-order valence-corrected chi connectivity index (χ0v) is 20.0. The van der Waals surface area contributed by atoms with E-state index in [0.717, 1.165) is 35.5 Å². The van der Waals surface area contributed by atoms with E-state index in [9.17, 15) is 9.59 Å². The van der Waals surface area contributed by atoms with Crippen LogP contribution in [0.25, 0.3) is 17.2 Å². The van der Waals surface area contributed by atoms with Crippen molar-refractivity contribution >= 4 is 11.9 Å². The first-order valence-electron chi connectivity index (χ1n) is 12.1. The highest BCUT2D eigenvalue weighted by atomic mass is 16.5. The van der Waals surface area contributed by atoms with Crippen LogP contribution in [0.4, 0.5) is 0 Å². The zero-order valence-electron chi connectivity index (χ0n) is 20.0. The fourth-order valence-corrected chi connectivity index (χ4v) is 4.64. The topological polar surface area (TPSA) is 99.4 Å². The quantitative estimate of drug-likeness (QED) is 0.481. The summed E-state index contributed by atoms with van der Waals surface area (Å²) in [4.78, 5) is 36.6. The lowest BCUT2D eigenvalue weighted by Crippen LogP contribution is -2.40. The second kappa shape index (κ2) is 9.85. The lowest BCUT2D eigenvalue weighted by molar-refractivity contribution is -0.149. The number of methoxy groups -OCH3 is 1. The fourth-order valence-electron chi connectivity index (χ4n) is 4.64. The third-order valence-corrected chi connectivity index (χ3v) is 6.62. The number of piperidine rings is 1. The summed E-state index contributed by atoms with van der Waals surface area (Å²) in [6, 6.07) is 9.52. The normalized spacial score (nSPS) is 16.2. The first-order valence-corrected chi connectivity index (χ1v) is 12.1. The van der Waals surface area contributed by atoms with E-state index in [-0.39, 0.29) is 23.7 Å². The Balaban J connectivity index is 1.41. The van der Waals surface area contributed by atoms with Crippen LogP contribution in [-0.2, 0) is 9.53 Å². The summed E-state index contributed by atoms with van der Waals surface area (Å²) in [5, 5.41) is 4.55. The molecule has 35 heavy (non-hydrogen) atoms. The Bertz CT molecular complexity index is 1230. The first-order chi connectivity index (χ1) is 17.1. The Morgan fingerprint density at radius 2 is 1.86 bits per heavy atom. The van der Waals surface area contributed by atoms with E-state index in [4.69, 9.17) is 14.5 Å².